The van der Waals surface area contributed by atoms with Crippen molar-refractivity contribution in [3.63, 3.8) is 0 Å². The van der Waals surface area contributed by atoms with E-state index in [1.165, 1.54) is 0 Å². The number of phenolic OH excluding ortho intramolecular Hbond substituents is 1. The molecule has 3 N–H and O–H groups in total. The third-order valence-corrected chi connectivity index (χ3v) is 8.41. The number of phenols is 1. The van der Waals surface area contributed by atoms with E-state index >= 15 is 0 Å². The number of aromatic hydroxyl groups is 1. The average molecular weight is 627 g/mol. The fourth-order valence-corrected chi connectivity index (χ4v) is 5.81. The number of nitrogens with one attached hydrogen (secondary N) is 2. The third-order valence-electron chi connectivity index (χ3n) is 8.41. The number of carbonyl (C=O) groups is 4. The molecular formula is C36H42N4O6. The van der Waals surface area contributed by atoms with Gasteiger partial charge in [-0.3, -0.25) is 19.2 Å². The zero-order valence-electron chi connectivity index (χ0n) is 26.1. The van der Waals surface area contributed by atoms with E-state index in [0.29, 0.717) is 67.9 Å². The summed E-state index contributed by atoms with van der Waals surface area (Å²) >= 11 is 0. The molecule has 3 aromatic rings. The van der Waals surface area contributed by atoms with Crippen LogP contribution in [-0.4, -0.2) is 84.4 Å². The first-order valence-corrected chi connectivity index (χ1v) is 16.1. The van der Waals surface area contributed by atoms with Gasteiger partial charge in [0.1, 0.15) is 11.5 Å². The highest BCUT2D eigenvalue weighted by Crippen LogP contribution is 2.31. The molecule has 10 nitrogen and oxygen atoms in total. The summed E-state index contributed by atoms with van der Waals surface area (Å²) in [5.74, 6) is 0.0901. The molecule has 0 unspecified atom stereocenters. The number of hydrogen-bond donors (Lipinski definition) is 3. The van der Waals surface area contributed by atoms with Gasteiger partial charge in [-0.25, -0.2) is 0 Å². The maximum Gasteiger partial charge on any atom is 0.260 e. The maximum atomic E-state index is 13.5. The molecule has 4 bridgehead atoms. The molecule has 0 aromatic heterocycles. The largest absolute Gasteiger partial charge is 0.507 e. The van der Waals surface area contributed by atoms with Gasteiger partial charge in [0.2, 0.25) is 5.91 Å². The van der Waals surface area contributed by atoms with Gasteiger partial charge in [-0.1, -0.05) is 18.2 Å². The van der Waals surface area contributed by atoms with Gasteiger partial charge >= 0.3 is 0 Å². The van der Waals surface area contributed by atoms with Crippen molar-refractivity contribution in [1.29, 1.82) is 0 Å². The van der Waals surface area contributed by atoms with Gasteiger partial charge in [-0.2, -0.15) is 0 Å². The summed E-state index contributed by atoms with van der Waals surface area (Å²) in [6, 6.07) is 19.2. The minimum absolute atomic E-state index is 0.0315. The molecule has 1 saturated heterocycles. The second-order valence-corrected chi connectivity index (χ2v) is 11.8. The number of fused-ring (bicyclic) bond motifs is 5. The average Bonchev–Trinajstić information content (AvgIpc) is 3.09. The first-order valence-electron chi connectivity index (χ1n) is 16.1. The summed E-state index contributed by atoms with van der Waals surface area (Å²) in [5, 5.41) is 16.4. The minimum Gasteiger partial charge on any atom is -0.507 e. The molecule has 46 heavy (non-hydrogen) atoms. The Hall–Kier alpha value is -4.86. The van der Waals surface area contributed by atoms with Gasteiger partial charge in [0.15, 0.2) is 6.61 Å². The fraction of sp³-hybridized carbons (Fsp3) is 0.389. The molecule has 0 aliphatic carbocycles. The van der Waals surface area contributed by atoms with Gasteiger partial charge in [-0.05, 0) is 98.2 Å². The Labute approximate surface area is 269 Å². The predicted molar refractivity (Wildman–Crippen MR) is 175 cm³/mol. The highest BCUT2D eigenvalue weighted by molar-refractivity contribution is 5.96. The van der Waals surface area contributed by atoms with Crippen LogP contribution in [0.5, 0.6) is 11.5 Å². The molecule has 3 aromatic carbocycles. The van der Waals surface area contributed by atoms with E-state index < -0.39 is 0 Å². The predicted octanol–water partition coefficient (Wildman–Crippen LogP) is 4.17. The minimum atomic E-state index is -0.238. The van der Waals surface area contributed by atoms with E-state index in [9.17, 15) is 24.3 Å². The van der Waals surface area contributed by atoms with Crippen LogP contribution in [0, 0.1) is 0 Å². The summed E-state index contributed by atoms with van der Waals surface area (Å²) in [7, 11) is 0. The number of likely N-dealkylation sites (tertiary alicyclic amines) is 1. The number of nitrogens with zero attached hydrogens (tertiary/aromatic N) is 2. The highest BCUT2D eigenvalue weighted by Gasteiger charge is 2.19. The quantitative estimate of drug-likeness (QED) is 0.399. The van der Waals surface area contributed by atoms with Crippen molar-refractivity contribution in [3.8, 4) is 22.6 Å². The molecular weight excluding hydrogens is 584 g/mol. The standard InChI is InChI=1S/C36H42N4O6/c41-32-15-10-26-16-18-37-33(42)9-5-21-40(22-6-17-38-35(44)29-8-4-7-28(24-29)31(32)23-26)36(45)27-11-13-30(14-12-27)46-25-34(43)39-19-2-1-3-20-39/h4,7-8,10-15,23-24,41H,1-3,5-6,9,16-22,25H2,(H,37,42)(H,38,44). The number of ether oxygens (including phenoxy) is 1. The van der Waals surface area contributed by atoms with Crippen LogP contribution >= 0.6 is 0 Å². The van der Waals surface area contributed by atoms with Crippen molar-refractivity contribution >= 4 is 23.6 Å². The van der Waals surface area contributed by atoms with Crippen molar-refractivity contribution in [3.05, 3.63) is 83.4 Å². The molecule has 1 fully saturated rings. The van der Waals surface area contributed by atoms with E-state index in [2.05, 4.69) is 10.6 Å². The van der Waals surface area contributed by atoms with Crippen molar-refractivity contribution in [2.75, 3.05) is 45.9 Å². The molecule has 2 aliphatic heterocycles. The second-order valence-electron chi connectivity index (χ2n) is 11.8. The smallest absolute Gasteiger partial charge is 0.260 e. The molecule has 0 atom stereocenters. The Kier molecular flexibility index (Phi) is 11.3. The number of benzene rings is 3. The van der Waals surface area contributed by atoms with Gasteiger partial charge in [0, 0.05) is 62.4 Å². The number of rotatable bonds is 4. The Morgan fingerprint density at radius 1 is 0.739 bits per heavy atom. The van der Waals surface area contributed by atoms with Crippen LogP contribution in [0.4, 0.5) is 0 Å². The van der Waals surface area contributed by atoms with E-state index in [4.69, 9.17) is 4.74 Å². The lowest BCUT2D eigenvalue weighted by atomic mass is 9.98. The van der Waals surface area contributed by atoms with Crippen LogP contribution in [0.15, 0.2) is 66.7 Å². The summed E-state index contributed by atoms with van der Waals surface area (Å²) in [6.07, 6.45) is 5.04. The highest BCUT2D eigenvalue weighted by atomic mass is 16.5. The molecule has 0 saturated carbocycles. The monoisotopic (exact) mass is 626 g/mol. The van der Waals surface area contributed by atoms with Crippen LogP contribution in [-0.2, 0) is 16.0 Å². The summed E-state index contributed by atoms with van der Waals surface area (Å²) in [6.45, 7) is 3.06. The molecule has 0 spiro atoms. The van der Waals surface area contributed by atoms with Crippen LogP contribution in [0.25, 0.3) is 11.1 Å². The maximum absolute atomic E-state index is 13.5. The number of hydrogen-bond acceptors (Lipinski definition) is 6. The number of piperidine rings is 1. The van der Waals surface area contributed by atoms with E-state index in [1.807, 2.05) is 23.1 Å². The number of carbonyl (C=O) groups excluding carboxylic acids is 4. The van der Waals surface area contributed by atoms with Gasteiger partial charge < -0.3 is 30.3 Å². The fourth-order valence-electron chi connectivity index (χ4n) is 5.81. The summed E-state index contributed by atoms with van der Waals surface area (Å²) in [5.41, 5.74) is 3.23. The van der Waals surface area contributed by atoms with Gasteiger partial charge in [0.25, 0.3) is 17.7 Å². The van der Waals surface area contributed by atoms with E-state index in [0.717, 1.165) is 43.5 Å². The Morgan fingerprint density at radius 3 is 2.28 bits per heavy atom. The Balaban J connectivity index is 1.23. The molecule has 2 heterocycles. The lowest BCUT2D eigenvalue weighted by Crippen LogP contribution is -2.38. The Morgan fingerprint density at radius 2 is 1.48 bits per heavy atom. The zero-order chi connectivity index (χ0) is 32.3. The zero-order valence-corrected chi connectivity index (χ0v) is 26.1. The summed E-state index contributed by atoms with van der Waals surface area (Å²) in [4.78, 5) is 55.1. The van der Waals surface area contributed by atoms with E-state index in [-0.39, 0.29) is 42.4 Å². The first kappa shape index (κ1) is 32.5. The SMILES string of the molecule is O=C1CCCN(C(=O)c2ccc(OCC(=O)N3CCCCC3)cc2)CCCNC(=O)c2cccc(c2)-c2cc(ccc2O)CCN1. The molecule has 242 valence electrons. The van der Waals surface area contributed by atoms with Crippen molar-refractivity contribution in [2.24, 2.45) is 0 Å². The van der Waals surface area contributed by atoms with Crippen LogP contribution in [0.3, 0.4) is 0 Å². The molecule has 0 radical (unpaired) electrons. The lowest BCUT2D eigenvalue weighted by Gasteiger charge is -2.26. The van der Waals surface area contributed by atoms with Gasteiger partial charge in [-0.15, -0.1) is 0 Å². The van der Waals surface area contributed by atoms with Crippen molar-refractivity contribution in [2.45, 2.75) is 44.9 Å². The van der Waals surface area contributed by atoms with E-state index in [1.54, 1.807) is 53.4 Å². The summed E-state index contributed by atoms with van der Waals surface area (Å²) < 4.78 is 5.70. The van der Waals surface area contributed by atoms with Crippen LogP contribution in [0.2, 0.25) is 0 Å². The van der Waals surface area contributed by atoms with Crippen molar-refractivity contribution < 1.29 is 29.0 Å². The Bertz CT molecular complexity index is 1530. The molecule has 2 aliphatic rings. The third kappa shape index (κ3) is 8.87. The topological polar surface area (TPSA) is 128 Å². The molecule has 4 amide bonds. The van der Waals surface area contributed by atoms with Crippen molar-refractivity contribution in [1.82, 2.24) is 20.4 Å². The van der Waals surface area contributed by atoms with Gasteiger partial charge in [0.05, 0.1) is 0 Å². The van der Waals surface area contributed by atoms with Crippen LogP contribution < -0.4 is 15.4 Å². The number of amides is 4. The molecule has 10 heteroatoms. The molecule has 5 rings (SSSR count). The first-order chi connectivity index (χ1) is 22.4. The van der Waals surface area contributed by atoms with Crippen LogP contribution in [0.1, 0.15) is 64.8 Å². The lowest BCUT2D eigenvalue weighted by molar-refractivity contribution is -0.134. The second kappa shape index (κ2) is 15.9. The normalized spacial score (nSPS) is 16.7.